The van der Waals surface area contributed by atoms with Crippen LogP contribution in [0, 0.1) is 5.92 Å². The minimum Gasteiger partial charge on any atom is -0.395 e. The SMILES string of the molecule is CN(CCO)C1CCN(C(=O)CC2CCOC2)CC1. The van der Waals surface area contributed by atoms with Crippen LogP contribution in [0.15, 0.2) is 0 Å². The Kier molecular flexibility index (Phi) is 5.60. The number of rotatable bonds is 5. The molecule has 110 valence electrons. The fourth-order valence-electron chi connectivity index (χ4n) is 3.02. The standard InChI is InChI=1S/C14H26N2O3/c1-15(7-8-17)13-2-5-16(6-3-13)14(18)10-12-4-9-19-11-12/h12-13,17H,2-11H2,1H3. The van der Waals surface area contributed by atoms with E-state index in [1.807, 2.05) is 11.9 Å². The van der Waals surface area contributed by atoms with Crippen molar-refractivity contribution in [1.29, 1.82) is 0 Å². The molecule has 0 bridgehead atoms. The van der Waals surface area contributed by atoms with E-state index in [9.17, 15) is 4.79 Å². The molecular weight excluding hydrogens is 244 g/mol. The third-order valence-corrected chi connectivity index (χ3v) is 4.38. The summed E-state index contributed by atoms with van der Waals surface area (Å²) >= 11 is 0. The monoisotopic (exact) mass is 270 g/mol. The van der Waals surface area contributed by atoms with Crippen LogP contribution in [0.3, 0.4) is 0 Å². The van der Waals surface area contributed by atoms with Gasteiger partial charge in [-0.05, 0) is 32.2 Å². The highest BCUT2D eigenvalue weighted by atomic mass is 16.5. The lowest BCUT2D eigenvalue weighted by atomic mass is 10.0. The second-order valence-electron chi connectivity index (χ2n) is 5.75. The van der Waals surface area contributed by atoms with Gasteiger partial charge in [-0.2, -0.15) is 0 Å². The van der Waals surface area contributed by atoms with Gasteiger partial charge in [-0.15, -0.1) is 0 Å². The molecule has 19 heavy (non-hydrogen) atoms. The zero-order valence-corrected chi connectivity index (χ0v) is 11.9. The first-order chi connectivity index (χ1) is 9.20. The number of ether oxygens (including phenoxy) is 1. The van der Waals surface area contributed by atoms with Crippen LogP contribution >= 0.6 is 0 Å². The first kappa shape index (κ1) is 14.8. The topological polar surface area (TPSA) is 53.0 Å². The Hall–Kier alpha value is -0.650. The zero-order chi connectivity index (χ0) is 13.7. The first-order valence-corrected chi connectivity index (χ1v) is 7.37. The maximum Gasteiger partial charge on any atom is 0.222 e. The number of aliphatic hydroxyl groups excluding tert-OH is 1. The number of nitrogens with zero attached hydrogens (tertiary/aromatic N) is 2. The van der Waals surface area contributed by atoms with E-state index in [0.29, 0.717) is 24.3 Å². The summed E-state index contributed by atoms with van der Waals surface area (Å²) in [4.78, 5) is 16.4. The molecule has 0 saturated carbocycles. The molecule has 2 aliphatic heterocycles. The van der Waals surface area contributed by atoms with E-state index in [1.54, 1.807) is 0 Å². The molecule has 0 aromatic rings. The Morgan fingerprint density at radius 2 is 2.11 bits per heavy atom. The second kappa shape index (κ2) is 7.22. The van der Waals surface area contributed by atoms with Crippen molar-refractivity contribution in [3.05, 3.63) is 0 Å². The number of carbonyl (C=O) groups is 1. The number of carbonyl (C=O) groups excluding carboxylic acids is 1. The van der Waals surface area contributed by atoms with Gasteiger partial charge in [0.05, 0.1) is 6.61 Å². The van der Waals surface area contributed by atoms with Crippen LogP contribution in [0.5, 0.6) is 0 Å². The van der Waals surface area contributed by atoms with Gasteiger partial charge in [0, 0.05) is 45.3 Å². The lowest BCUT2D eigenvalue weighted by molar-refractivity contribution is -0.133. The normalized spacial score (nSPS) is 25.2. The van der Waals surface area contributed by atoms with E-state index >= 15 is 0 Å². The maximum absolute atomic E-state index is 12.2. The summed E-state index contributed by atoms with van der Waals surface area (Å²) in [5.41, 5.74) is 0. The van der Waals surface area contributed by atoms with Gasteiger partial charge in [-0.25, -0.2) is 0 Å². The molecule has 0 aromatic heterocycles. The average molecular weight is 270 g/mol. The minimum atomic E-state index is 0.206. The Labute approximate surface area is 115 Å². The van der Waals surface area contributed by atoms with Crippen LogP contribution in [0.2, 0.25) is 0 Å². The lowest BCUT2D eigenvalue weighted by Gasteiger charge is -2.36. The molecule has 1 N–H and O–H groups in total. The van der Waals surface area contributed by atoms with Crippen molar-refractivity contribution >= 4 is 5.91 Å². The van der Waals surface area contributed by atoms with Crippen LogP contribution < -0.4 is 0 Å². The highest BCUT2D eigenvalue weighted by molar-refractivity contribution is 5.76. The largest absolute Gasteiger partial charge is 0.395 e. The van der Waals surface area contributed by atoms with Crippen molar-refractivity contribution in [2.75, 3.05) is 46.5 Å². The smallest absolute Gasteiger partial charge is 0.222 e. The van der Waals surface area contributed by atoms with Gasteiger partial charge < -0.3 is 19.6 Å². The summed E-state index contributed by atoms with van der Waals surface area (Å²) in [5, 5.41) is 8.95. The van der Waals surface area contributed by atoms with Gasteiger partial charge >= 0.3 is 0 Å². The number of hydrogen-bond donors (Lipinski definition) is 1. The van der Waals surface area contributed by atoms with Crippen molar-refractivity contribution in [2.45, 2.75) is 31.7 Å². The summed E-state index contributed by atoms with van der Waals surface area (Å²) in [7, 11) is 2.05. The fraction of sp³-hybridized carbons (Fsp3) is 0.929. The van der Waals surface area contributed by atoms with Gasteiger partial charge in [-0.1, -0.05) is 0 Å². The second-order valence-corrected chi connectivity index (χ2v) is 5.75. The van der Waals surface area contributed by atoms with Crippen molar-refractivity contribution in [3.8, 4) is 0 Å². The van der Waals surface area contributed by atoms with Crippen LogP contribution in [0.25, 0.3) is 0 Å². The zero-order valence-electron chi connectivity index (χ0n) is 11.9. The van der Waals surface area contributed by atoms with Crippen molar-refractivity contribution in [3.63, 3.8) is 0 Å². The van der Waals surface area contributed by atoms with Gasteiger partial charge in [-0.3, -0.25) is 4.79 Å². The van der Waals surface area contributed by atoms with Crippen molar-refractivity contribution < 1.29 is 14.6 Å². The van der Waals surface area contributed by atoms with Crippen LogP contribution in [0.1, 0.15) is 25.7 Å². The molecule has 2 rings (SSSR count). The predicted octanol–water partition coefficient (Wildman–Crippen LogP) is 0.328. The van der Waals surface area contributed by atoms with Crippen molar-refractivity contribution in [1.82, 2.24) is 9.80 Å². The molecule has 5 heteroatoms. The number of likely N-dealkylation sites (N-methyl/N-ethyl adjacent to an activating group) is 1. The van der Waals surface area contributed by atoms with E-state index in [2.05, 4.69) is 4.90 Å². The average Bonchev–Trinajstić information content (AvgIpc) is 2.92. The van der Waals surface area contributed by atoms with E-state index in [-0.39, 0.29) is 6.61 Å². The van der Waals surface area contributed by atoms with Gasteiger partial charge in [0.2, 0.25) is 5.91 Å². The highest BCUT2D eigenvalue weighted by Crippen LogP contribution is 2.20. The van der Waals surface area contributed by atoms with E-state index in [1.165, 1.54) is 0 Å². The molecule has 2 saturated heterocycles. The molecule has 0 aliphatic carbocycles. The summed E-state index contributed by atoms with van der Waals surface area (Å²) in [6, 6.07) is 0.506. The molecule has 2 aliphatic rings. The van der Waals surface area contributed by atoms with Gasteiger partial charge in [0.25, 0.3) is 0 Å². The molecule has 0 spiro atoms. The third kappa shape index (κ3) is 4.16. The molecule has 5 nitrogen and oxygen atoms in total. The first-order valence-electron chi connectivity index (χ1n) is 7.37. The van der Waals surface area contributed by atoms with Gasteiger partial charge in [0.1, 0.15) is 0 Å². The molecule has 1 amide bonds. The van der Waals surface area contributed by atoms with Crippen molar-refractivity contribution in [2.24, 2.45) is 5.92 Å². The summed E-state index contributed by atoms with van der Waals surface area (Å²) in [6.45, 7) is 4.20. The molecule has 0 radical (unpaired) electrons. The Morgan fingerprint density at radius 3 is 2.68 bits per heavy atom. The van der Waals surface area contributed by atoms with Crippen LogP contribution in [-0.4, -0.2) is 73.4 Å². The number of likely N-dealkylation sites (tertiary alicyclic amines) is 1. The summed E-state index contributed by atoms with van der Waals surface area (Å²) < 4.78 is 5.32. The van der Waals surface area contributed by atoms with Crippen LogP contribution in [0.4, 0.5) is 0 Å². The van der Waals surface area contributed by atoms with Crippen LogP contribution in [-0.2, 0) is 9.53 Å². The molecule has 0 aromatic carbocycles. The molecule has 2 heterocycles. The molecular formula is C14H26N2O3. The molecule has 2 fully saturated rings. The Bertz CT molecular complexity index is 284. The Balaban J connectivity index is 1.71. The van der Waals surface area contributed by atoms with E-state index < -0.39 is 0 Å². The quantitative estimate of drug-likeness (QED) is 0.782. The number of aliphatic hydroxyl groups is 1. The lowest BCUT2D eigenvalue weighted by Crippen LogP contribution is -2.46. The molecule has 1 unspecified atom stereocenters. The van der Waals surface area contributed by atoms with E-state index in [0.717, 1.165) is 52.1 Å². The minimum absolute atomic E-state index is 0.206. The number of piperidine rings is 1. The summed E-state index contributed by atoms with van der Waals surface area (Å²) in [5.74, 6) is 0.723. The third-order valence-electron chi connectivity index (χ3n) is 4.38. The summed E-state index contributed by atoms with van der Waals surface area (Å²) in [6.07, 6.45) is 3.71. The number of amides is 1. The molecule has 1 atom stereocenters. The fourth-order valence-corrected chi connectivity index (χ4v) is 3.02. The predicted molar refractivity (Wildman–Crippen MR) is 72.9 cm³/mol. The number of hydrogen-bond acceptors (Lipinski definition) is 4. The maximum atomic E-state index is 12.2. The van der Waals surface area contributed by atoms with E-state index in [4.69, 9.17) is 9.84 Å². The highest BCUT2D eigenvalue weighted by Gasteiger charge is 2.27. The Morgan fingerprint density at radius 1 is 1.37 bits per heavy atom. The van der Waals surface area contributed by atoms with Gasteiger partial charge in [0.15, 0.2) is 0 Å².